The van der Waals surface area contributed by atoms with Crippen molar-refractivity contribution in [1.29, 1.82) is 0 Å². The molecule has 1 rings (SSSR count). The second-order valence-electron chi connectivity index (χ2n) is 2.53. The zero-order valence-electron chi connectivity index (χ0n) is 5.11. The first-order chi connectivity index (χ1) is 4.17. The molecule has 1 fully saturated rings. The Morgan fingerprint density at radius 3 is 2.44 bits per heavy atom. The molecule has 1 unspecified atom stereocenters. The molecular weight excluding hydrogens is 142 g/mol. The van der Waals surface area contributed by atoms with Gasteiger partial charge in [0.25, 0.3) is 5.92 Å². The summed E-state index contributed by atoms with van der Waals surface area (Å²) in [5.74, 6) is -2.55. The van der Waals surface area contributed by atoms with Crippen LogP contribution in [-0.4, -0.2) is 11.7 Å². The first-order valence-electron chi connectivity index (χ1n) is 3.15. The first kappa shape index (κ1) is 7.32. The van der Waals surface area contributed by atoms with Crippen LogP contribution in [0.4, 0.5) is 8.78 Å². The Labute approximate surface area is 59.0 Å². The molecule has 1 aliphatic carbocycles. The summed E-state index contributed by atoms with van der Waals surface area (Å²) in [6.45, 7) is 0. The number of alkyl halides is 2. The van der Waals surface area contributed by atoms with Crippen LogP contribution in [0.25, 0.3) is 0 Å². The molecule has 9 heavy (non-hydrogen) atoms. The van der Waals surface area contributed by atoms with E-state index in [9.17, 15) is 8.78 Å². The molecule has 0 bridgehead atoms. The van der Waals surface area contributed by atoms with Gasteiger partial charge in [0, 0.05) is 12.3 Å². The van der Waals surface area contributed by atoms with Crippen molar-refractivity contribution >= 4 is 12.6 Å². The summed E-state index contributed by atoms with van der Waals surface area (Å²) in [4.78, 5) is 0. The number of halogens is 2. The summed E-state index contributed by atoms with van der Waals surface area (Å²) in [7, 11) is 0. The Kier molecular flexibility index (Phi) is 1.99. The highest BCUT2D eigenvalue weighted by atomic mass is 32.1. The zero-order chi connectivity index (χ0) is 6.91. The van der Waals surface area contributed by atoms with Crippen molar-refractivity contribution in [1.82, 2.24) is 0 Å². The zero-order valence-corrected chi connectivity index (χ0v) is 6.00. The standard InChI is InChI=1S/C6H10F2S/c7-6(8)3-1-2-5(6)4-9/h5,9H,1-4H2. The molecule has 1 atom stereocenters. The minimum atomic E-state index is -2.41. The average Bonchev–Trinajstić information content (AvgIpc) is 2.08. The van der Waals surface area contributed by atoms with Crippen molar-refractivity contribution in [3.05, 3.63) is 0 Å². The van der Waals surface area contributed by atoms with Gasteiger partial charge in [-0.1, -0.05) is 0 Å². The summed E-state index contributed by atoms with van der Waals surface area (Å²) in [5.41, 5.74) is 0. The highest BCUT2D eigenvalue weighted by Gasteiger charge is 2.42. The third-order valence-corrected chi connectivity index (χ3v) is 2.32. The van der Waals surface area contributed by atoms with E-state index in [2.05, 4.69) is 12.6 Å². The van der Waals surface area contributed by atoms with Crippen LogP contribution in [0, 0.1) is 5.92 Å². The lowest BCUT2D eigenvalue weighted by Crippen LogP contribution is -2.22. The molecule has 0 spiro atoms. The summed E-state index contributed by atoms with van der Waals surface area (Å²) in [6.07, 6.45) is 1.38. The number of hydrogen-bond acceptors (Lipinski definition) is 1. The molecule has 0 heterocycles. The predicted molar refractivity (Wildman–Crippen MR) is 36.1 cm³/mol. The molecule has 1 aliphatic rings. The maximum atomic E-state index is 12.6. The Morgan fingerprint density at radius 2 is 2.22 bits per heavy atom. The van der Waals surface area contributed by atoms with Gasteiger partial charge in [0.2, 0.25) is 0 Å². The van der Waals surface area contributed by atoms with Crippen LogP contribution < -0.4 is 0 Å². The quantitative estimate of drug-likeness (QED) is 0.548. The van der Waals surface area contributed by atoms with E-state index in [1.165, 1.54) is 0 Å². The molecule has 54 valence electrons. The molecule has 0 saturated heterocycles. The van der Waals surface area contributed by atoms with Crippen molar-refractivity contribution in [3.63, 3.8) is 0 Å². The topological polar surface area (TPSA) is 0 Å². The number of hydrogen-bond donors (Lipinski definition) is 1. The lowest BCUT2D eigenvalue weighted by atomic mass is 10.1. The van der Waals surface area contributed by atoms with Gasteiger partial charge in [-0.25, -0.2) is 8.78 Å². The Balaban J connectivity index is 2.52. The minimum absolute atomic E-state index is 0.0677. The fraction of sp³-hybridized carbons (Fsp3) is 1.00. The Hall–Kier alpha value is 0.210. The van der Waals surface area contributed by atoms with E-state index in [1.54, 1.807) is 0 Å². The molecule has 0 aromatic heterocycles. The predicted octanol–water partition coefficient (Wildman–Crippen LogP) is 2.35. The second kappa shape index (κ2) is 2.45. The summed E-state index contributed by atoms with van der Waals surface area (Å²) in [5, 5.41) is 0. The highest BCUT2D eigenvalue weighted by Crippen LogP contribution is 2.40. The van der Waals surface area contributed by atoms with Gasteiger partial charge in [-0.05, 0) is 18.6 Å². The molecule has 0 aromatic rings. The van der Waals surface area contributed by atoms with Crippen molar-refractivity contribution in [2.45, 2.75) is 25.2 Å². The molecule has 0 amide bonds. The molecule has 1 saturated carbocycles. The molecule has 0 N–H and O–H groups in total. The molecule has 0 radical (unpaired) electrons. The summed E-state index contributed by atoms with van der Waals surface area (Å²) < 4.78 is 25.1. The third kappa shape index (κ3) is 1.37. The number of thiol groups is 1. The number of rotatable bonds is 1. The van der Waals surface area contributed by atoms with Crippen LogP contribution in [-0.2, 0) is 0 Å². The fourth-order valence-corrected chi connectivity index (χ4v) is 1.67. The summed E-state index contributed by atoms with van der Waals surface area (Å²) in [6, 6.07) is 0. The van der Waals surface area contributed by atoms with Gasteiger partial charge >= 0.3 is 0 Å². The van der Waals surface area contributed by atoms with Gasteiger partial charge in [-0.3, -0.25) is 0 Å². The maximum Gasteiger partial charge on any atom is 0.251 e. The Bertz CT molecular complexity index is 103. The molecule has 0 aliphatic heterocycles. The highest BCUT2D eigenvalue weighted by molar-refractivity contribution is 7.80. The van der Waals surface area contributed by atoms with Crippen molar-refractivity contribution in [2.75, 3.05) is 5.75 Å². The maximum absolute atomic E-state index is 12.6. The SMILES string of the molecule is FC1(F)CCCC1CS. The first-order valence-corrected chi connectivity index (χ1v) is 3.79. The van der Waals surface area contributed by atoms with E-state index in [0.29, 0.717) is 18.6 Å². The molecule has 0 nitrogen and oxygen atoms in total. The van der Waals surface area contributed by atoms with E-state index in [-0.39, 0.29) is 6.42 Å². The van der Waals surface area contributed by atoms with Crippen LogP contribution in [0.3, 0.4) is 0 Å². The fourth-order valence-electron chi connectivity index (χ4n) is 1.22. The minimum Gasteiger partial charge on any atom is -0.207 e. The van der Waals surface area contributed by atoms with E-state index in [4.69, 9.17) is 0 Å². The van der Waals surface area contributed by atoms with Crippen LogP contribution in [0.2, 0.25) is 0 Å². The largest absolute Gasteiger partial charge is 0.251 e. The van der Waals surface area contributed by atoms with Crippen molar-refractivity contribution < 1.29 is 8.78 Å². The average molecular weight is 152 g/mol. The second-order valence-corrected chi connectivity index (χ2v) is 2.90. The lowest BCUT2D eigenvalue weighted by molar-refractivity contribution is -0.0280. The van der Waals surface area contributed by atoms with Crippen LogP contribution in [0.15, 0.2) is 0 Å². The van der Waals surface area contributed by atoms with Crippen LogP contribution in [0.5, 0.6) is 0 Å². The van der Waals surface area contributed by atoms with E-state index >= 15 is 0 Å². The van der Waals surface area contributed by atoms with Gasteiger partial charge in [0.15, 0.2) is 0 Å². The monoisotopic (exact) mass is 152 g/mol. The van der Waals surface area contributed by atoms with Crippen LogP contribution >= 0.6 is 12.6 Å². The van der Waals surface area contributed by atoms with Gasteiger partial charge in [-0.15, -0.1) is 0 Å². The smallest absolute Gasteiger partial charge is 0.207 e. The van der Waals surface area contributed by atoms with Gasteiger partial charge in [0.1, 0.15) is 0 Å². The van der Waals surface area contributed by atoms with E-state index < -0.39 is 11.8 Å². The Morgan fingerprint density at radius 1 is 1.56 bits per heavy atom. The molecular formula is C6H10F2S. The van der Waals surface area contributed by atoms with Gasteiger partial charge < -0.3 is 0 Å². The van der Waals surface area contributed by atoms with Gasteiger partial charge in [-0.2, -0.15) is 12.6 Å². The molecule has 3 heteroatoms. The van der Waals surface area contributed by atoms with E-state index in [0.717, 1.165) is 0 Å². The molecule has 0 aromatic carbocycles. The normalized spacial score (nSPS) is 33.0. The van der Waals surface area contributed by atoms with Gasteiger partial charge in [0.05, 0.1) is 0 Å². The summed E-state index contributed by atoms with van der Waals surface area (Å²) >= 11 is 3.85. The van der Waals surface area contributed by atoms with Crippen LogP contribution in [0.1, 0.15) is 19.3 Å². The van der Waals surface area contributed by atoms with E-state index in [1.807, 2.05) is 0 Å². The van der Waals surface area contributed by atoms with Crippen molar-refractivity contribution in [2.24, 2.45) is 5.92 Å². The lowest BCUT2D eigenvalue weighted by Gasteiger charge is -2.15. The van der Waals surface area contributed by atoms with Crippen molar-refractivity contribution in [3.8, 4) is 0 Å². The third-order valence-electron chi connectivity index (χ3n) is 1.88.